The van der Waals surface area contributed by atoms with Gasteiger partial charge >= 0.3 is 0 Å². The van der Waals surface area contributed by atoms with E-state index >= 15 is 0 Å². The second-order valence-corrected chi connectivity index (χ2v) is 8.25. The minimum Gasteiger partial charge on any atom is -0.512 e. The molecule has 2 aromatic carbocycles. The molecule has 28 heavy (non-hydrogen) atoms. The van der Waals surface area contributed by atoms with Crippen LogP contribution in [0.25, 0.3) is 0 Å². The van der Waals surface area contributed by atoms with Gasteiger partial charge in [-0.15, -0.1) is 0 Å². The minimum absolute atomic E-state index is 0.0558. The first-order chi connectivity index (χ1) is 13.3. The number of aliphatic hydroxyl groups excluding tert-OH is 1. The summed E-state index contributed by atoms with van der Waals surface area (Å²) in [5.74, 6) is 0.359. The molecule has 1 unspecified atom stereocenters. The van der Waals surface area contributed by atoms with E-state index in [0.717, 1.165) is 16.9 Å². The van der Waals surface area contributed by atoms with Crippen molar-refractivity contribution >= 4 is 28.8 Å². The Hall–Kier alpha value is -2.46. The third kappa shape index (κ3) is 4.02. The second kappa shape index (κ2) is 8.27. The molecule has 2 aromatic rings. The largest absolute Gasteiger partial charge is 0.512 e. The molecule has 5 heteroatoms. The monoisotopic (exact) mass is 398 g/mol. The molecule has 0 aliphatic carbocycles. The molecule has 0 amide bonds. The molecule has 1 aliphatic heterocycles. The fourth-order valence-electron chi connectivity index (χ4n) is 3.66. The molecule has 0 spiro atoms. The Morgan fingerprint density at radius 2 is 1.82 bits per heavy atom. The van der Waals surface area contributed by atoms with E-state index in [9.17, 15) is 9.90 Å². The van der Waals surface area contributed by atoms with Crippen molar-refractivity contribution in [2.45, 2.75) is 26.3 Å². The van der Waals surface area contributed by atoms with Gasteiger partial charge in [0.05, 0.1) is 18.2 Å². The van der Waals surface area contributed by atoms with E-state index in [1.54, 1.807) is 0 Å². The van der Waals surface area contributed by atoms with Gasteiger partial charge in [-0.2, -0.15) is 0 Å². The quantitative estimate of drug-likeness (QED) is 0.541. The van der Waals surface area contributed by atoms with Gasteiger partial charge in [0.1, 0.15) is 5.76 Å². The molecule has 1 saturated heterocycles. The number of Topliss-reactive ketones (excluding diaryl/α,β-unsaturated/α-hetero) is 1. The Kier molecular flexibility index (Phi) is 5.99. The lowest BCUT2D eigenvalue weighted by Crippen LogP contribution is -2.24. The molecule has 1 atom stereocenters. The van der Waals surface area contributed by atoms with Crippen LogP contribution in [-0.2, 0) is 4.79 Å². The Balaban J connectivity index is 2.11. The molecule has 4 nitrogen and oxygen atoms in total. The number of aliphatic hydroxyl groups is 1. The van der Waals surface area contributed by atoms with Gasteiger partial charge in [0.2, 0.25) is 0 Å². The van der Waals surface area contributed by atoms with E-state index in [1.165, 1.54) is 0 Å². The summed E-state index contributed by atoms with van der Waals surface area (Å²) < 4.78 is 0. The van der Waals surface area contributed by atoms with Gasteiger partial charge in [0.15, 0.2) is 5.78 Å². The number of rotatable bonds is 5. The Labute approximate surface area is 172 Å². The number of ketones is 1. The van der Waals surface area contributed by atoms with Crippen LogP contribution < -0.4 is 9.80 Å². The molecule has 148 valence electrons. The Morgan fingerprint density at radius 1 is 1.18 bits per heavy atom. The van der Waals surface area contributed by atoms with E-state index in [1.807, 2.05) is 86.3 Å². The van der Waals surface area contributed by atoms with Crippen LogP contribution in [0.5, 0.6) is 0 Å². The average Bonchev–Trinajstić information content (AvgIpc) is 2.98. The lowest BCUT2D eigenvalue weighted by molar-refractivity contribution is -0.113. The fraction of sp³-hybridized carbons (Fsp3) is 0.348. The van der Waals surface area contributed by atoms with Crippen molar-refractivity contribution in [3.05, 3.63) is 70.4 Å². The molecule has 3 rings (SSSR count). The second-order valence-electron chi connectivity index (χ2n) is 7.84. The maximum atomic E-state index is 12.9. The SMILES string of the molecule is CC(C)CC(O)=C1C(=O)CN(c2ccc(N(C)C)cc2)C1c1ccccc1Cl. The van der Waals surface area contributed by atoms with Gasteiger partial charge in [0.25, 0.3) is 0 Å². The summed E-state index contributed by atoms with van der Waals surface area (Å²) in [4.78, 5) is 17.0. The van der Waals surface area contributed by atoms with Crippen LogP contribution in [0.2, 0.25) is 5.02 Å². The molecule has 1 N–H and O–H groups in total. The van der Waals surface area contributed by atoms with Gasteiger partial charge in [-0.05, 0) is 41.8 Å². The highest BCUT2D eigenvalue weighted by atomic mass is 35.5. The zero-order chi connectivity index (χ0) is 20.4. The number of carbonyl (C=O) groups excluding carboxylic acids is 1. The number of nitrogens with zero attached hydrogens (tertiary/aromatic N) is 2. The lowest BCUT2D eigenvalue weighted by Gasteiger charge is -2.28. The van der Waals surface area contributed by atoms with Gasteiger partial charge in [0, 0.05) is 36.9 Å². The standard InChI is InChI=1S/C23H27ClN2O2/c1-15(2)13-20(27)22-21(28)14-26(17-11-9-16(10-12-17)25(3)4)23(22)18-7-5-6-8-19(18)24/h5-12,15,23,27H,13-14H2,1-4H3. The molecule has 0 radical (unpaired) electrons. The first-order valence-electron chi connectivity index (χ1n) is 9.53. The van der Waals surface area contributed by atoms with Crippen molar-refractivity contribution < 1.29 is 9.90 Å². The highest BCUT2D eigenvalue weighted by Gasteiger charge is 2.40. The predicted octanol–water partition coefficient (Wildman–Crippen LogP) is 5.39. The molecule has 0 aromatic heterocycles. The third-order valence-electron chi connectivity index (χ3n) is 5.01. The van der Waals surface area contributed by atoms with Crippen LogP contribution in [-0.4, -0.2) is 31.5 Å². The van der Waals surface area contributed by atoms with Crippen molar-refractivity contribution in [1.82, 2.24) is 0 Å². The van der Waals surface area contributed by atoms with Gasteiger partial charge in [-0.1, -0.05) is 43.6 Å². The van der Waals surface area contributed by atoms with Gasteiger partial charge < -0.3 is 14.9 Å². The van der Waals surface area contributed by atoms with Crippen molar-refractivity contribution in [3.8, 4) is 0 Å². The molecule has 0 bridgehead atoms. The highest BCUT2D eigenvalue weighted by Crippen LogP contribution is 2.42. The minimum atomic E-state index is -0.398. The molecule has 1 aliphatic rings. The number of hydrogen-bond acceptors (Lipinski definition) is 4. The zero-order valence-electron chi connectivity index (χ0n) is 16.8. The number of carbonyl (C=O) groups is 1. The zero-order valence-corrected chi connectivity index (χ0v) is 17.6. The Morgan fingerprint density at radius 3 is 2.39 bits per heavy atom. The number of anilines is 2. The van der Waals surface area contributed by atoms with Crippen LogP contribution in [0.4, 0.5) is 11.4 Å². The maximum Gasteiger partial charge on any atom is 0.183 e. The molecule has 1 heterocycles. The van der Waals surface area contributed by atoms with E-state index in [-0.39, 0.29) is 24.0 Å². The number of hydrogen-bond donors (Lipinski definition) is 1. The molecular formula is C23H27ClN2O2. The summed E-state index contributed by atoms with van der Waals surface area (Å²) in [7, 11) is 3.98. The average molecular weight is 399 g/mol. The number of allylic oxidation sites excluding steroid dienone is 1. The number of halogens is 1. The first-order valence-corrected chi connectivity index (χ1v) is 9.91. The van der Waals surface area contributed by atoms with E-state index in [2.05, 4.69) is 0 Å². The topological polar surface area (TPSA) is 43.8 Å². The number of benzene rings is 2. The van der Waals surface area contributed by atoms with Crippen LogP contribution in [0.3, 0.4) is 0 Å². The maximum absolute atomic E-state index is 12.9. The fourth-order valence-corrected chi connectivity index (χ4v) is 3.90. The summed E-state index contributed by atoms with van der Waals surface area (Å²) in [6.45, 7) is 4.27. The van der Waals surface area contributed by atoms with Crippen molar-refractivity contribution in [3.63, 3.8) is 0 Å². The Bertz CT molecular complexity index is 888. The predicted molar refractivity (Wildman–Crippen MR) is 116 cm³/mol. The third-order valence-corrected chi connectivity index (χ3v) is 5.35. The first kappa shape index (κ1) is 20.3. The van der Waals surface area contributed by atoms with E-state index in [4.69, 9.17) is 11.6 Å². The lowest BCUT2D eigenvalue weighted by atomic mass is 9.94. The summed E-state index contributed by atoms with van der Waals surface area (Å²) in [5.41, 5.74) is 3.30. The van der Waals surface area contributed by atoms with Crippen LogP contribution in [0, 0.1) is 5.92 Å². The van der Waals surface area contributed by atoms with Crippen molar-refractivity contribution in [2.75, 3.05) is 30.4 Å². The van der Waals surface area contributed by atoms with Crippen LogP contribution >= 0.6 is 11.6 Å². The molecule has 0 saturated carbocycles. The molecule has 1 fully saturated rings. The summed E-state index contributed by atoms with van der Waals surface area (Å²) in [6.07, 6.45) is 0.468. The van der Waals surface area contributed by atoms with Crippen molar-refractivity contribution in [1.29, 1.82) is 0 Å². The summed E-state index contributed by atoms with van der Waals surface area (Å²) >= 11 is 6.50. The molecular weight excluding hydrogens is 372 g/mol. The van der Waals surface area contributed by atoms with Gasteiger partial charge in [-0.3, -0.25) is 4.79 Å². The van der Waals surface area contributed by atoms with Crippen molar-refractivity contribution in [2.24, 2.45) is 5.92 Å². The highest BCUT2D eigenvalue weighted by molar-refractivity contribution is 6.31. The summed E-state index contributed by atoms with van der Waals surface area (Å²) in [6, 6.07) is 15.2. The summed E-state index contributed by atoms with van der Waals surface area (Å²) in [5, 5.41) is 11.4. The van der Waals surface area contributed by atoms with E-state index < -0.39 is 6.04 Å². The van der Waals surface area contributed by atoms with Crippen LogP contribution in [0.1, 0.15) is 31.9 Å². The smallest absolute Gasteiger partial charge is 0.183 e. The van der Waals surface area contributed by atoms with E-state index in [0.29, 0.717) is 17.0 Å². The normalized spacial score (nSPS) is 18.7. The van der Waals surface area contributed by atoms with Gasteiger partial charge in [-0.25, -0.2) is 0 Å². The van der Waals surface area contributed by atoms with Crippen LogP contribution in [0.15, 0.2) is 59.9 Å².